The molecule has 0 unspecified atom stereocenters. The van der Waals surface area contributed by atoms with Crippen molar-refractivity contribution in [1.29, 1.82) is 0 Å². The van der Waals surface area contributed by atoms with Gasteiger partial charge in [0.1, 0.15) is 5.75 Å². The molecule has 21 heavy (non-hydrogen) atoms. The molecule has 6 heteroatoms. The Hall–Kier alpha value is -1.33. The van der Waals surface area contributed by atoms with Crippen molar-refractivity contribution >= 4 is 45.0 Å². The molecule has 0 saturated carbocycles. The van der Waals surface area contributed by atoms with Gasteiger partial charge in [0, 0.05) is 17.0 Å². The van der Waals surface area contributed by atoms with Gasteiger partial charge in [-0.05, 0) is 26.0 Å². The third-order valence-electron chi connectivity index (χ3n) is 3.15. The van der Waals surface area contributed by atoms with Crippen LogP contribution in [0.3, 0.4) is 0 Å². The Morgan fingerprint density at radius 1 is 1.38 bits per heavy atom. The van der Waals surface area contributed by atoms with E-state index in [0.717, 1.165) is 5.57 Å². The minimum absolute atomic E-state index is 0.140. The van der Waals surface area contributed by atoms with Gasteiger partial charge in [-0.25, -0.2) is 4.90 Å². The summed E-state index contributed by atoms with van der Waals surface area (Å²) in [7, 11) is 0. The summed E-state index contributed by atoms with van der Waals surface area (Å²) >= 11 is 9.32. The topological polar surface area (TPSA) is 46.6 Å². The highest BCUT2D eigenvalue weighted by Gasteiger charge is 2.35. The zero-order valence-corrected chi connectivity index (χ0v) is 14.1. The van der Waals surface area contributed by atoms with Crippen molar-refractivity contribution in [2.45, 2.75) is 20.3 Å². The molecule has 1 aromatic carbocycles. The van der Waals surface area contributed by atoms with Gasteiger partial charge >= 0.3 is 0 Å². The molecule has 0 radical (unpaired) electrons. The lowest BCUT2D eigenvalue weighted by Crippen LogP contribution is -2.29. The van der Waals surface area contributed by atoms with Gasteiger partial charge < -0.3 is 4.74 Å². The van der Waals surface area contributed by atoms with E-state index in [1.807, 2.05) is 13.8 Å². The van der Waals surface area contributed by atoms with Crippen LogP contribution in [0.15, 0.2) is 29.3 Å². The largest absolute Gasteiger partial charge is 0.491 e. The van der Waals surface area contributed by atoms with Crippen molar-refractivity contribution in [3.05, 3.63) is 34.4 Å². The van der Waals surface area contributed by atoms with E-state index in [-0.39, 0.29) is 18.2 Å². The van der Waals surface area contributed by atoms with E-state index in [4.69, 9.17) is 16.3 Å². The molecule has 4 nitrogen and oxygen atoms in total. The summed E-state index contributed by atoms with van der Waals surface area (Å²) in [4.78, 5) is 25.6. The second-order valence-corrected chi connectivity index (χ2v) is 6.04. The first-order valence-corrected chi connectivity index (χ1v) is 7.97. The number of amides is 2. The molecule has 112 valence electrons. The maximum atomic E-state index is 12.3. The van der Waals surface area contributed by atoms with Gasteiger partial charge in [-0.2, -0.15) is 0 Å². The van der Waals surface area contributed by atoms with Gasteiger partial charge in [0.05, 0.1) is 23.7 Å². The molecule has 0 aromatic heterocycles. The number of carbonyl (C=O) groups excluding carboxylic acids is 2. The van der Waals surface area contributed by atoms with Crippen LogP contribution in [-0.2, 0) is 9.59 Å². The van der Waals surface area contributed by atoms with Crippen molar-refractivity contribution in [2.75, 3.05) is 16.8 Å². The van der Waals surface area contributed by atoms with Crippen LogP contribution in [0.1, 0.15) is 20.3 Å². The molecule has 1 saturated heterocycles. The summed E-state index contributed by atoms with van der Waals surface area (Å²) in [5.74, 6) is -0.0430. The summed E-state index contributed by atoms with van der Waals surface area (Å²) in [6, 6.07) is 4.89. The molecule has 1 aromatic rings. The van der Waals surface area contributed by atoms with Crippen LogP contribution >= 0.6 is 27.5 Å². The smallest absolute Gasteiger partial charge is 0.261 e. The van der Waals surface area contributed by atoms with E-state index in [1.54, 1.807) is 18.2 Å². The second kappa shape index (κ2) is 6.62. The monoisotopic (exact) mass is 371 g/mol. The molecule has 0 aliphatic carbocycles. The number of imide groups is 1. The average Bonchev–Trinajstić information content (AvgIpc) is 2.74. The van der Waals surface area contributed by atoms with Gasteiger partial charge in [-0.1, -0.05) is 33.1 Å². The molecule has 0 N–H and O–H groups in total. The lowest BCUT2D eigenvalue weighted by Gasteiger charge is -2.16. The maximum absolute atomic E-state index is 12.3. The molecule has 0 atom stereocenters. The first kappa shape index (κ1) is 16.0. The van der Waals surface area contributed by atoms with Crippen LogP contribution in [-0.4, -0.2) is 23.8 Å². The third-order valence-corrected chi connectivity index (χ3v) is 3.79. The van der Waals surface area contributed by atoms with Crippen LogP contribution < -0.4 is 9.64 Å². The van der Waals surface area contributed by atoms with E-state index in [9.17, 15) is 9.59 Å². The molecule has 2 amide bonds. The van der Waals surface area contributed by atoms with E-state index in [0.29, 0.717) is 34.0 Å². The minimum Gasteiger partial charge on any atom is -0.491 e. The van der Waals surface area contributed by atoms with Crippen molar-refractivity contribution in [3.63, 3.8) is 0 Å². The zero-order valence-electron chi connectivity index (χ0n) is 11.8. The quantitative estimate of drug-likeness (QED) is 0.460. The highest BCUT2D eigenvalue weighted by molar-refractivity contribution is 9.09. The molecule has 1 heterocycles. The Labute approximate surface area is 136 Å². The summed E-state index contributed by atoms with van der Waals surface area (Å²) < 4.78 is 5.49. The van der Waals surface area contributed by atoms with Gasteiger partial charge in [-0.3, -0.25) is 9.59 Å². The van der Waals surface area contributed by atoms with Crippen LogP contribution in [0.2, 0.25) is 5.02 Å². The maximum Gasteiger partial charge on any atom is 0.261 e. The number of nitrogens with zero attached hydrogens (tertiary/aromatic N) is 1. The predicted molar refractivity (Wildman–Crippen MR) is 86.2 cm³/mol. The number of carbonyl (C=O) groups is 2. The lowest BCUT2D eigenvalue weighted by atomic mass is 10.1. The van der Waals surface area contributed by atoms with E-state index in [2.05, 4.69) is 15.9 Å². The highest BCUT2D eigenvalue weighted by Crippen LogP contribution is 2.33. The number of anilines is 1. The third kappa shape index (κ3) is 3.30. The van der Waals surface area contributed by atoms with Crippen LogP contribution in [0.25, 0.3) is 0 Å². The Bertz CT molecular complexity index is 623. The van der Waals surface area contributed by atoms with Crippen molar-refractivity contribution < 1.29 is 14.3 Å². The summed E-state index contributed by atoms with van der Waals surface area (Å²) in [6.07, 6.45) is 0.140. The Kier molecular flexibility index (Phi) is 5.06. The Morgan fingerprint density at radius 3 is 2.67 bits per heavy atom. The number of hydrogen-bond donors (Lipinski definition) is 0. The number of alkyl halides is 1. The normalized spacial score (nSPS) is 14.9. The molecule has 1 aliphatic rings. The van der Waals surface area contributed by atoms with Crippen LogP contribution in [0, 0.1) is 0 Å². The fraction of sp³-hybridized carbons (Fsp3) is 0.333. The van der Waals surface area contributed by atoms with Crippen LogP contribution in [0.5, 0.6) is 5.75 Å². The number of rotatable bonds is 4. The molecular weight excluding hydrogens is 358 g/mol. The van der Waals surface area contributed by atoms with Crippen molar-refractivity contribution in [3.8, 4) is 5.75 Å². The first-order chi connectivity index (χ1) is 9.95. The molecule has 1 aliphatic heterocycles. The highest BCUT2D eigenvalue weighted by atomic mass is 79.9. The van der Waals surface area contributed by atoms with Crippen molar-refractivity contribution in [1.82, 2.24) is 0 Å². The molecule has 2 rings (SSSR count). The van der Waals surface area contributed by atoms with Crippen molar-refractivity contribution in [2.24, 2.45) is 0 Å². The predicted octanol–water partition coefficient (Wildman–Crippen LogP) is 3.71. The molecular formula is C15H15BrClNO3. The Balaban J connectivity index is 2.36. The lowest BCUT2D eigenvalue weighted by molar-refractivity contribution is -0.120. The number of hydrogen-bond acceptors (Lipinski definition) is 3. The van der Waals surface area contributed by atoms with Gasteiger partial charge in [0.2, 0.25) is 5.91 Å². The molecule has 1 fully saturated rings. The van der Waals surface area contributed by atoms with Gasteiger partial charge in [0.25, 0.3) is 5.91 Å². The van der Waals surface area contributed by atoms with E-state index in [1.165, 1.54) is 4.90 Å². The summed E-state index contributed by atoms with van der Waals surface area (Å²) in [5, 5.41) is 1.11. The number of benzene rings is 1. The summed E-state index contributed by atoms with van der Waals surface area (Å²) in [6.45, 7) is 4.11. The fourth-order valence-corrected chi connectivity index (χ4v) is 2.43. The Morgan fingerprint density at radius 2 is 2.10 bits per heavy atom. The second-order valence-electron chi connectivity index (χ2n) is 4.84. The standard InChI is InChI=1S/C15H15BrClNO3/c1-9(2)11-8-14(19)18(15(11)20)10-3-4-12(17)13(7-10)21-6-5-16/h3-4,7H,5-6,8H2,1-2H3. The SMILES string of the molecule is CC(C)=C1CC(=O)N(c2ccc(Cl)c(OCCBr)c2)C1=O. The fourth-order valence-electron chi connectivity index (χ4n) is 2.10. The number of allylic oxidation sites excluding steroid dienone is 1. The van der Waals surface area contributed by atoms with Crippen LogP contribution in [0.4, 0.5) is 5.69 Å². The van der Waals surface area contributed by atoms with E-state index >= 15 is 0 Å². The summed E-state index contributed by atoms with van der Waals surface area (Å²) in [5.41, 5.74) is 1.90. The first-order valence-electron chi connectivity index (χ1n) is 6.47. The average molecular weight is 373 g/mol. The number of halogens is 2. The molecule has 0 bridgehead atoms. The zero-order chi connectivity index (χ0) is 15.6. The van der Waals surface area contributed by atoms with Gasteiger partial charge in [0.15, 0.2) is 0 Å². The minimum atomic E-state index is -0.270. The van der Waals surface area contributed by atoms with Gasteiger partial charge in [-0.15, -0.1) is 0 Å². The van der Waals surface area contributed by atoms with E-state index < -0.39 is 0 Å². The number of ether oxygens (including phenoxy) is 1. The molecule has 0 spiro atoms.